The van der Waals surface area contributed by atoms with Crippen molar-refractivity contribution in [2.45, 2.75) is 0 Å². The van der Waals surface area contributed by atoms with Gasteiger partial charge in [0.15, 0.2) is 0 Å². The normalized spacial score (nSPS) is 11.5. The van der Waals surface area contributed by atoms with Crippen LogP contribution in [0.5, 0.6) is 0 Å². The first-order chi connectivity index (χ1) is 15.2. The predicted octanol–water partition coefficient (Wildman–Crippen LogP) is 5.65. The van der Waals surface area contributed by atoms with Crippen LogP contribution in [0.4, 0.5) is 0 Å². The summed E-state index contributed by atoms with van der Waals surface area (Å²) in [5.41, 5.74) is 2.76. The summed E-state index contributed by atoms with van der Waals surface area (Å²) in [6.07, 6.45) is 0. The molecule has 0 aromatic heterocycles. The Morgan fingerprint density at radius 2 is 1.10 bits per heavy atom. The highest BCUT2D eigenvalue weighted by atomic mass is 16.4. The maximum Gasteiger partial charge on any atom is 0.489 e. The highest BCUT2D eigenvalue weighted by Crippen LogP contribution is 2.37. The van der Waals surface area contributed by atoms with Crippen molar-refractivity contribution in [3.05, 3.63) is 103 Å². The molecule has 6 aromatic carbocycles. The van der Waals surface area contributed by atoms with Crippen molar-refractivity contribution in [2.24, 2.45) is 0 Å². The van der Waals surface area contributed by atoms with Gasteiger partial charge in [0.1, 0.15) is 0 Å². The van der Waals surface area contributed by atoms with Crippen LogP contribution >= 0.6 is 0 Å². The largest absolute Gasteiger partial charge is 0.489 e. The Labute approximate surface area is 180 Å². The van der Waals surface area contributed by atoms with E-state index in [1.807, 2.05) is 12.1 Å². The average Bonchev–Trinajstić information content (AvgIpc) is 2.80. The second-order valence-corrected chi connectivity index (χ2v) is 8.05. The van der Waals surface area contributed by atoms with Crippen LogP contribution in [0.1, 0.15) is 0 Å². The third-order valence-corrected chi connectivity index (χ3v) is 6.21. The molecule has 6 aromatic rings. The highest BCUT2D eigenvalue weighted by Gasteiger charge is 2.18. The zero-order valence-corrected chi connectivity index (χ0v) is 16.8. The third kappa shape index (κ3) is 2.90. The van der Waals surface area contributed by atoms with E-state index < -0.39 is 7.12 Å². The zero-order chi connectivity index (χ0) is 20.9. The van der Waals surface area contributed by atoms with Crippen molar-refractivity contribution >= 4 is 55.7 Å². The Kier molecular flexibility index (Phi) is 4.07. The van der Waals surface area contributed by atoms with Crippen LogP contribution in [0.2, 0.25) is 0 Å². The van der Waals surface area contributed by atoms with Crippen LogP contribution in [-0.4, -0.2) is 17.2 Å². The first kappa shape index (κ1) is 18.1. The number of fused-ring (bicyclic) bond motifs is 4. The Morgan fingerprint density at radius 1 is 0.452 bits per heavy atom. The molecule has 0 aliphatic rings. The maximum atomic E-state index is 9.95. The molecule has 0 spiro atoms. The lowest BCUT2D eigenvalue weighted by molar-refractivity contribution is 0.426. The zero-order valence-electron chi connectivity index (χ0n) is 16.8. The lowest BCUT2D eigenvalue weighted by Crippen LogP contribution is -2.30. The minimum Gasteiger partial charge on any atom is -0.423 e. The molecule has 0 heterocycles. The first-order valence-corrected chi connectivity index (χ1v) is 10.4. The van der Waals surface area contributed by atoms with Gasteiger partial charge in [-0.1, -0.05) is 78.9 Å². The second kappa shape index (κ2) is 6.95. The Bertz CT molecular complexity index is 1620. The summed E-state index contributed by atoms with van der Waals surface area (Å²) in [6.45, 7) is 0. The SMILES string of the molecule is OB(O)c1cccc2c(-c3ccc4cc5ccccc5cc4c3)c3ccccc3cc12. The van der Waals surface area contributed by atoms with Crippen molar-refractivity contribution < 1.29 is 10.0 Å². The molecule has 146 valence electrons. The van der Waals surface area contributed by atoms with Crippen LogP contribution in [-0.2, 0) is 0 Å². The summed E-state index contributed by atoms with van der Waals surface area (Å²) in [6, 6.07) is 35.5. The molecule has 6 rings (SSSR count). The first-order valence-electron chi connectivity index (χ1n) is 10.4. The number of benzene rings is 6. The molecule has 0 aliphatic carbocycles. The van der Waals surface area contributed by atoms with E-state index in [0.29, 0.717) is 5.46 Å². The van der Waals surface area contributed by atoms with Crippen LogP contribution in [0.25, 0.3) is 54.2 Å². The molecule has 0 saturated carbocycles. The molecule has 0 unspecified atom stereocenters. The van der Waals surface area contributed by atoms with E-state index in [2.05, 4.69) is 84.9 Å². The lowest BCUT2D eigenvalue weighted by atomic mass is 9.75. The molecule has 0 saturated heterocycles. The van der Waals surface area contributed by atoms with Gasteiger partial charge < -0.3 is 10.0 Å². The summed E-state index contributed by atoms with van der Waals surface area (Å²) in [4.78, 5) is 0. The van der Waals surface area contributed by atoms with E-state index in [0.717, 1.165) is 32.7 Å². The van der Waals surface area contributed by atoms with E-state index in [1.165, 1.54) is 21.5 Å². The van der Waals surface area contributed by atoms with Crippen LogP contribution in [0.3, 0.4) is 0 Å². The fraction of sp³-hybridized carbons (Fsp3) is 0. The summed E-state index contributed by atoms with van der Waals surface area (Å²) in [7, 11) is -1.51. The third-order valence-electron chi connectivity index (χ3n) is 6.21. The van der Waals surface area contributed by atoms with Crippen molar-refractivity contribution in [1.29, 1.82) is 0 Å². The summed E-state index contributed by atoms with van der Waals surface area (Å²) in [5, 5.41) is 28.9. The van der Waals surface area contributed by atoms with E-state index in [-0.39, 0.29) is 0 Å². The summed E-state index contributed by atoms with van der Waals surface area (Å²) < 4.78 is 0. The van der Waals surface area contributed by atoms with Crippen molar-refractivity contribution in [3.63, 3.8) is 0 Å². The average molecular weight is 398 g/mol. The molecule has 0 atom stereocenters. The molecule has 2 N–H and O–H groups in total. The lowest BCUT2D eigenvalue weighted by Gasteiger charge is -2.15. The standard InChI is InChI=1S/C28H19BO2/c30-29(31)27-11-5-10-25-26(27)17-21-8-3-4-9-24(21)28(25)22-13-12-20-14-18-6-1-2-7-19(18)15-23(20)16-22/h1-17,30-31H. The molecule has 0 fully saturated rings. The quantitative estimate of drug-likeness (QED) is 0.293. The fourth-order valence-electron chi connectivity index (χ4n) is 4.74. The molecular weight excluding hydrogens is 379 g/mol. The maximum absolute atomic E-state index is 9.95. The van der Waals surface area contributed by atoms with Crippen LogP contribution in [0, 0.1) is 0 Å². The van der Waals surface area contributed by atoms with Gasteiger partial charge in [-0.2, -0.15) is 0 Å². The van der Waals surface area contributed by atoms with Crippen molar-refractivity contribution in [1.82, 2.24) is 0 Å². The van der Waals surface area contributed by atoms with E-state index in [4.69, 9.17) is 0 Å². The topological polar surface area (TPSA) is 40.5 Å². The molecule has 0 amide bonds. The fourth-order valence-corrected chi connectivity index (χ4v) is 4.74. The van der Waals surface area contributed by atoms with Crippen LogP contribution < -0.4 is 5.46 Å². The van der Waals surface area contributed by atoms with E-state index in [9.17, 15) is 10.0 Å². The van der Waals surface area contributed by atoms with Crippen molar-refractivity contribution in [3.8, 4) is 11.1 Å². The molecule has 31 heavy (non-hydrogen) atoms. The molecule has 3 heteroatoms. The van der Waals surface area contributed by atoms with Crippen molar-refractivity contribution in [2.75, 3.05) is 0 Å². The van der Waals surface area contributed by atoms with Gasteiger partial charge >= 0.3 is 7.12 Å². The molecule has 0 bridgehead atoms. The van der Waals surface area contributed by atoms with Gasteiger partial charge in [-0.25, -0.2) is 0 Å². The van der Waals surface area contributed by atoms with Gasteiger partial charge in [-0.3, -0.25) is 0 Å². The van der Waals surface area contributed by atoms with E-state index >= 15 is 0 Å². The summed E-state index contributed by atoms with van der Waals surface area (Å²) >= 11 is 0. The molecular formula is C28H19BO2. The number of hydrogen-bond donors (Lipinski definition) is 2. The number of hydrogen-bond acceptors (Lipinski definition) is 2. The van der Waals surface area contributed by atoms with Gasteiger partial charge in [0.25, 0.3) is 0 Å². The molecule has 0 radical (unpaired) electrons. The van der Waals surface area contributed by atoms with Gasteiger partial charge in [0.05, 0.1) is 0 Å². The minimum absolute atomic E-state index is 0.524. The molecule has 0 aliphatic heterocycles. The van der Waals surface area contributed by atoms with Gasteiger partial charge in [0.2, 0.25) is 0 Å². The van der Waals surface area contributed by atoms with Gasteiger partial charge in [-0.05, 0) is 83.9 Å². The Morgan fingerprint density at radius 3 is 1.87 bits per heavy atom. The number of rotatable bonds is 2. The highest BCUT2D eigenvalue weighted by molar-refractivity contribution is 6.62. The predicted molar refractivity (Wildman–Crippen MR) is 132 cm³/mol. The monoisotopic (exact) mass is 398 g/mol. The van der Waals surface area contributed by atoms with Gasteiger partial charge in [-0.15, -0.1) is 0 Å². The van der Waals surface area contributed by atoms with Gasteiger partial charge in [0, 0.05) is 0 Å². The Balaban J connectivity index is 1.72. The smallest absolute Gasteiger partial charge is 0.423 e. The van der Waals surface area contributed by atoms with Crippen LogP contribution in [0.15, 0.2) is 103 Å². The minimum atomic E-state index is -1.51. The second-order valence-electron chi connectivity index (χ2n) is 8.05. The Hall–Kier alpha value is -3.66. The summed E-state index contributed by atoms with van der Waals surface area (Å²) in [5.74, 6) is 0. The van der Waals surface area contributed by atoms with E-state index in [1.54, 1.807) is 6.07 Å². The molecule has 2 nitrogen and oxygen atoms in total.